The van der Waals surface area contributed by atoms with E-state index in [2.05, 4.69) is 46.8 Å². The Kier molecular flexibility index (Phi) is 8.21. The van der Waals surface area contributed by atoms with Crippen LogP contribution in [-0.2, 0) is 22.6 Å². The van der Waals surface area contributed by atoms with Crippen molar-refractivity contribution in [3.8, 4) is 11.5 Å². The molecule has 35 heavy (non-hydrogen) atoms. The lowest BCUT2D eigenvalue weighted by Crippen LogP contribution is -2.37. The first-order valence-electron chi connectivity index (χ1n) is 11.6. The molecule has 0 fully saturated rings. The van der Waals surface area contributed by atoms with E-state index < -0.39 is 0 Å². The van der Waals surface area contributed by atoms with Crippen LogP contribution in [0.25, 0.3) is 0 Å². The molecule has 6 nitrogen and oxygen atoms in total. The van der Waals surface area contributed by atoms with Crippen molar-refractivity contribution >= 4 is 28.7 Å². The Hall–Kier alpha value is -3.58. The van der Waals surface area contributed by atoms with Crippen LogP contribution in [0.4, 0.5) is 0 Å². The molecule has 0 radical (unpaired) electrons. The van der Waals surface area contributed by atoms with Gasteiger partial charge in [-0.05, 0) is 55.2 Å². The molecule has 2 unspecified atom stereocenters. The van der Waals surface area contributed by atoms with Crippen molar-refractivity contribution in [1.29, 1.82) is 0 Å². The van der Waals surface area contributed by atoms with Gasteiger partial charge in [-0.3, -0.25) is 14.6 Å². The monoisotopic (exact) mass is 487 g/mol. The summed E-state index contributed by atoms with van der Waals surface area (Å²) in [5.74, 6) is 1.24. The van der Waals surface area contributed by atoms with Crippen molar-refractivity contribution in [3.63, 3.8) is 0 Å². The summed E-state index contributed by atoms with van der Waals surface area (Å²) in [6, 6.07) is 25.4. The topological polar surface area (TPSA) is 79.8 Å². The normalized spacial score (nSPS) is 16.9. The van der Waals surface area contributed by atoms with E-state index in [0.29, 0.717) is 11.7 Å². The van der Waals surface area contributed by atoms with Crippen molar-refractivity contribution in [3.05, 3.63) is 95.6 Å². The second-order valence-electron chi connectivity index (χ2n) is 8.52. The largest absolute Gasteiger partial charge is 0.457 e. The highest BCUT2D eigenvalue weighted by Gasteiger charge is 2.35. The van der Waals surface area contributed by atoms with E-state index in [1.54, 1.807) is 0 Å². The number of benzene rings is 3. The van der Waals surface area contributed by atoms with Crippen LogP contribution in [0.2, 0.25) is 0 Å². The molecular formula is C28H29N3O3S. The van der Waals surface area contributed by atoms with Crippen molar-refractivity contribution in [2.75, 3.05) is 0 Å². The maximum Gasteiger partial charge on any atom is 0.236 e. The van der Waals surface area contributed by atoms with Crippen molar-refractivity contribution in [2.24, 2.45) is 4.99 Å². The van der Waals surface area contributed by atoms with Gasteiger partial charge in [0.25, 0.3) is 0 Å². The van der Waals surface area contributed by atoms with Gasteiger partial charge < -0.3 is 15.4 Å². The van der Waals surface area contributed by atoms with Gasteiger partial charge in [0.05, 0.1) is 6.04 Å². The predicted molar refractivity (Wildman–Crippen MR) is 141 cm³/mol. The fraction of sp³-hybridized carbons (Fsp3) is 0.250. The third kappa shape index (κ3) is 7.20. The fourth-order valence-corrected chi connectivity index (χ4v) is 4.95. The number of rotatable bonds is 8. The smallest absolute Gasteiger partial charge is 0.236 e. The van der Waals surface area contributed by atoms with Crippen molar-refractivity contribution in [1.82, 2.24) is 10.6 Å². The molecule has 180 valence electrons. The Labute approximate surface area is 210 Å². The number of thioether (sulfide) groups is 1. The van der Waals surface area contributed by atoms with Crippen LogP contribution < -0.4 is 15.4 Å². The zero-order chi connectivity index (χ0) is 24.6. The summed E-state index contributed by atoms with van der Waals surface area (Å²) in [5, 5.41) is 5.90. The van der Waals surface area contributed by atoms with E-state index in [1.165, 1.54) is 29.8 Å². The molecule has 0 bridgehead atoms. The summed E-state index contributed by atoms with van der Waals surface area (Å²) in [4.78, 5) is 29.3. The number of carbonyl (C=O) groups excluding carboxylic acids is 2. The third-order valence-electron chi connectivity index (χ3n) is 5.63. The number of carbonyl (C=O) groups is 2. The van der Waals surface area contributed by atoms with Crippen molar-refractivity contribution < 1.29 is 14.3 Å². The Bertz CT molecular complexity index is 1180. The standard InChI is InChI=1S/C28H29N3O3S/c1-19-8-10-21(11-9-19)14-17-25-26(35-28(31-25)30-20(2)32)27(33)29-18-22-12-15-24(16-13-22)34-23-6-4-3-5-7-23/h3-13,15-16,25-26H,14,17-18H2,1-2H3,(H,29,33)(H,30,31,32). The van der Waals surface area contributed by atoms with E-state index in [9.17, 15) is 9.59 Å². The molecular weight excluding hydrogens is 458 g/mol. The van der Waals surface area contributed by atoms with Gasteiger partial charge in [0.1, 0.15) is 16.7 Å². The van der Waals surface area contributed by atoms with Gasteiger partial charge in [-0.2, -0.15) is 0 Å². The van der Waals surface area contributed by atoms with Crippen LogP contribution in [0.1, 0.15) is 30.0 Å². The minimum atomic E-state index is -0.386. The van der Waals surface area contributed by atoms with Crippen LogP contribution in [0.15, 0.2) is 83.9 Å². The van der Waals surface area contributed by atoms with E-state index in [4.69, 9.17) is 4.74 Å². The molecule has 0 aliphatic carbocycles. The molecule has 3 aromatic rings. The van der Waals surface area contributed by atoms with E-state index in [0.717, 1.165) is 29.9 Å². The highest BCUT2D eigenvalue weighted by Crippen LogP contribution is 2.29. The number of hydrogen-bond acceptors (Lipinski definition) is 5. The van der Waals surface area contributed by atoms with Gasteiger partial charge >= 0.3 is 0 Å². The van der Waals surface area contributed by atoms with Crippen LogP contribution >= 0.6 is 11.8 Å². The molecule has 4 rings (SSSR count). The lowest BCUT2D eigenvalue weighted by molar-refractivity contribution is -0.121. The van der Waals surface area contributed by atoms with Crippen molar-refractivity contribution in [2.45, 2.75) is 44.5 Å². The van der Waals surface area contributed by atoms with Crippen LogP contribution in [0.3, 0.4) is 0 Å². The number of hydrogen-bond donors (Lipinski definition) is 2. The molecule has 0 aromatic heterocycles. The van der Waals surface area contributed by atoms with Gasteiger partial charge in [0.2, 0.25) is 11.8 Å². The fourth-order valence-electron chi connectivity index (χ4n) is 3.76. The highest BCUT2D eigenvalue weighted by molar-refractivity contribution is 8.15. The number of amides is 2. The first-order valence-corrected chi connectivity index (χ1v) is 12.5. The van der Waals surface area contributed by atoms with Gasteiger partial charge in [-0.1, -0.05) is 71.9 Å². The van der Waals surface area contributed by atoms with E-state index in [-0.39, 0.29) is 23.1 Å². The van der Waals surface area contributed by atoms with Gasteiger partial charge in [-0.25, -0.2) is 0 Å². The molecule has 1 aliphatic heterocycles. The predicted octanol–water partition coefficient (Wildman–Crippen LogP) is 5.01. The molecule has 2 N–H and O–H groups in total. The lowest BCUT2D eigenvalue weighted by atomic mass is 10.0. The molecule has 7 heteroatoms. The highest BCUT2D eigenvalue weighted by atomic mass is 32.2. The summed E-state index contributed by atoms with van der Waals surface area (Å²) in [7, 11) is 0. The Balaban J connectivity index is 1.34. The van der Waals surface area contributed by atoms with Gasteiger partial charge in [0.15, 0.2) is 5.17 Å². The molecule has 1 heterocycles. The number of aryl methyl sites for hydroxylation is 2. The number of aliphatic imine (C=N–C) groups is 1. The van der Waals surface area contributed by atoms with Crippen LogP contribution in [0.5, 0.6) is 11.5 Å². The van der Waals surface area contributed by atoms with Crippen LogP contribution in [0, 0.1) is 6.92 Å². The zero-order valence-corrected chi connectivity index (χ0v) is 20.7. The Morgan fingerprint density at radius 2 is 1.57 bits per heavy atom. The number of nitrogens with zero attached hydrogens (tertiary/aromatic N) is 1. The third-order valence-corrected chi connectivity index (χ3v) is 6.84. The average Bonchev–Trinajstić information content (AvgIpc) is 3.25. The van der Waals surface area contributed by atoms with Gasteiger partial charge in [0, 0.05) is 13.5 Å². The van der Waals surface area contributed by atoms with E-state index in [1.807, 2.05) is 54.6 Å². The maximum atomic E-state index is 13.1. The molecule has 1 aliphatic rings. The number of amidine groups is 1. The molecule has 0 spiro atoms. The first kappa shape index (κ1) is 24.5. The van der Waals surface area contributed by atoms with Gasteiger partial charge in [-0.15, -0.1) is 0 Å². The molecule has 2 amide bonds. The summed E-state index contributed by atoms with van der Waals surface area (Å²) in [6.07, 6.45) is 1.54. The lowest BCUT2D eigenvalue weighted by Gasteiger charge is -2.17. The maximum absolute atomic E-state index is 13.1. The molecule has 0 saturated carbocycles. The summed E-state index contributed by atoms with van der Waals surface area (Å²) < 4.78 is 5.83. The molecule has 0 saturated heterocycles. The second kappa shape index (κ2) is 11.7. The Morgan fingerprint density at radius 3 is 2.26 bits per heavy atom. The first-order chi connectivity index (χ1) is 17.0. The minimum absolute atomic E-state index is 0.0855. The average molecular weight is 488 g/mol. The molecule has 3 aromatic carbocycles. The SMILES string of the molecule is CC(=O)NC1=NC(CCc2ccc(C)cc2)C(C(=O)NCc2ccc(Oc3ccccc3)cc2)S1. The molecule has 2 atom stereocenters. The van der Waals surface area contributed by atoms with Crippen LogP contribution in [-0.4, -0.2) is 28.3 Å². The van der Waals surface area contributed by atoms with E-state index >= 15 is 0 Å². The number of nitrogens with one attached hydrogen (secondary N) is 2. The number of ether oxygens (including phenoxy) is 1. The second-order valence-corrected chi connectivity index (χ2v) is 9.65. The summed E-state index contributed by atoms with van der Waals surface area (Å²) >= 11 is 1.32. The quantitative estimate of drug-likeness (QED) is 0.468. The summed E-state index contributed by atoms with van der Waals surface area (Å²) in [6.45, 7) is 3.91. The summed E-state index contributed by atoms with van der Waals surface area (Å²) in [5.41, 5.74) is 3.40. The number of para-hydroxylation sites is 1. The Morgan fingerprint density at radius 1 is 0.914 bits per heavy atom. The minimum Gasteiger partial charge on any atom is -0.457 e. The zero-order valence-electron chi connectivity index (χ0n) is 19.9.